The number of piperidine rings is 1. The molecule has 7 heteroatoms. The monoisotopic (exact) mass is 390 g/mol. The van der Waals surface area contributed by atoms with Crippen molar-refractivity contribution in [3.63, 3.8) is 0 Å². The van der Waals surface area contributed by atoms with Crippen LogP contribution in [0.4, 0.5) is 13.2 Å². The van der Waals surface area contributed by atoms with Gasteiger partial charge >= 0.3 is 6.18 Å². The molecule has 1 atom stereocenters. The number of nitrogens with zero attached hydrogens (tertiary/aromatic N) is 2. The fraction of sp³-hybridized carbons (Fsp3) is 0.632. The van der Waals surface area contributed by atoms with Crippen molar-refractivity contribution in [1.82, 2.24) is 9.80 Å². The Labute approximate surface area is 158 Å². The number of likely N-dealkylation sites (tertiary alicyclic amines) is 2. The average molecular weight is 391 g/mol. The van der Waals surface area contributed by atoms with Gasteiger partial charge in [-0.15, -0.1) is 12.4 Å². The van der Waals surface area contributed by atoms with E-state index >= 15 is 0 Å². The molecule has 0 bridgehead atoms. The molecule has 3 nitrogen and oxygen atoms in total. The van der Waals surface area contributed by atoms with Crippen molar-refractivity contribution < 1.29 is 18.0 Å². The minimum absolute atomic E-state index is 0. The van der Waals surface area contributed by atoms with Gasteiger partial charge in [0.2, 0.25) is 5.91 Å². The summed E-state index contributed by atoms with van der Waals surface area (Å²) in [6.45, 7) is 3.91. The highest BCUT2D eigenvalue weighted by atomic mass is 35.5. The Kier molecular flexibility index (Phi) is 7.35. The van der Waals surface area contributed by atoms with Gasteiger partial charge in [0, 0.05) is 19.1 Å². The van der Waals surface area contributed by atoms with Crippen LogP contribution < -0.4 is 0 Å². The van der Waals surface area contributed by atoms with Gasteiger partial charge in [0.05, 0.1) is 12.0 Å². The summed E-state index contributed by atoms with van der Waals surface area (Å²) in [6.07, 6.45) is 1.47. The van der Waals surface area contributed by atoms with Crippen molar-refractivity contribution in [1.29, 1.82) is 0 Å². The first-order valence-corrected chi connectivity index (χ1v) is 9.11. The Morgan fingerprint density at radius 2 is 1.62 bits per heavy atom. The van der Waals surface area contributed by atoms with Crippen LogP contribution in [0.15, 0.2) is 24.3 Å². The molecular weight excluding hydrogens is 365 g/mol. The largest absolute Gasteiger partial charge is 0.416 e. The lowest BCUT2D eigenvalue weighted by Crippen LogP contribution is -2.49. The normalized spacial score (nSPS) is 21.5. The second-order valence-electron chi connectivity index (χ2n) is 7.12. The van der Waals surface area contributed by atoms with Crippen molar-refractivity contribution in [2.75, 3.05) is 26.2 Å². The fourth-order valence-electron chi connectivity index (χ4n) is 3.87. The Balaban J connectivity index is 0.00000243. The molecule has 0 unspecified atom stereocenters. The molecule has 1 aromatic carbocycles. The van der Waals surface area contributed by atoms with Gasteiger partial charge in [0.15, 0.2) is 0 Å². The Morgan fingerprint density at radius 3 is 2.23 bits per heavy atom. The first-order chi connectivity index (χ1) is 11.9. The molecule has 0 N–H and O–H groups in total. The zero-order valence-electron chi connectivity index (χ0n) is 14.8. The predicted molar refractivity (Wildman–Crippen MR) is 97.4 cm³/mol. The molecule has 0 aromatic heterocycles. The van der Waals surface area contributed by atoms with Gasteiger partial charge in [0.1, 0.15) is 0 Å². The van der Waals surface area contributed by atoms with E-state index in [-0.39, 0.29) is 30.8 Å². The summed E-state index contributed by atoms with van der Waals surface area (Å²) in [5, 5.41) is 0. The van der Waals surface area contributed by atoms with Crippen LogP contribution in [0.3, 0.4) is 0 Å². The number of hydrogen-bond donors (Lipinski definition) is 0. The van der Waals surface area contributed by atoms with E-state index in [4.69, 9.17) is 0 Å². The van der Waals surface area contributed by atoms with Gasteiger partial charge in [-0.25, -0.2) is 0 Å². The summed E-state index contributed by atoms with van der Waals surface area (Å²) >= 11 is 0. The zero-order chi connectivity index (χ0) is 17.9. The Bertz CT molecular complexity index is 585. The number of halogens is 4. The van der Waals surface area contributed by atoms with Gasteiger partial charge in [-0.05, 0) is 62.9 Å². The highest BCUT2D eigenvalue weighted by Crippen LogP contribution is 2.29. The maximum Gasteiger partial charge on any atom is 0.416 e. The van der Waals surface area contributed by atoms with Crippen molar-refractivity contribution >= 4 is 18.3 Å². The second kappa shape index (κ2) is 9.09. The maximum absolute atomic E-state index is 12.7. The van der Waals surface area contributed by atoms with Crippen LogP contribution in [-0.4, -0.2) is 47.9 Å². The first-order valence-electron chi connectivity index (χ1n) is 9.11. The average Bonchev–Trinajstić information content (AvgIpc) is 3.08. The summed E-state index contributed by atoms with van der Waals surface area (Å²) in [4.78, 5) is 17.1. The molecule has 26 heavy (non-hydrogen) atoms. The van der Waals surface area contributed by atoms with Crippen LogP contribution in [-0.2, 0) is 17.4 Å². The topological polar surface area (TPSA) is 23.6 Å². The SMILES string of the molecule is Cl.O=C(Cc1ccc(C(F)(F)F)cc1)N1CCCC[C@H]1CN1CCCC1. The number of alkyl halides is 3. The van der Waals surface area contributed by atoms with E-state index in [0.717, 1.165) is 57.6 Å². The van der Waals surface area contributed by atoms with E-state index < -0.39 is 11.7 Å². The number of amides is 1. The van der Waals surface area contributed by atoms with E-state index in [1.54, 1.807) is 0 Å². The minimum atomic E-state index is -4.34. The van der Waals surface area contributed by atoms with Gasteiger partial charge in [-0.1, -0.05) is 12.1 Å². The Morgan fingerprint density at radius 1 is 1.00 bits per heavy atom. The quantitative estimate of drug-likeness (QED) is 0.771. The number of carbonyl (C=O) groups is 1. The number of hydrogen-bond acceptors (Lipinski definition) is 2. The molecule has 3 rings (SSSR count). The van der Waals surface area contributed by atoms with Crippen LogP contribution in [0.25, 0.3) is 0 Å². The van der Waals surface area contributed by atoms with E-state index in [9.17, 15) is 18.0 Å². The molecular formula is C19H26ClF3N2O. The number of rotatable bonds is 4. The molecule has 2 fully saturated rings. The van der Waals surface area contributed by atoms with E-state index in [1.165, 1.54) is 25.0 Å². The van der Waals surface area contributed by atoms with Crippen LogP contribution in [0.1, 0.15) is 43.2 Å². The lowest BCUT2D eigenvalue weighted by Gasteiger charge is -2.38. The molecule has 0 radical (unpaired) electrons. The maximum atomic E-state index is 12.7. The molecule has 0 saturated carbocycles. The highest BCUT2D eigenvalue weighted by molar-refractivity contribution is 5.85. The smallest absolute Gasteiger partial charge is 0.338 e. The van der Waals surface area contributed by atoms with Crippen LogP contribution in [0.5, 0.6) is 0 Å². The lowest BCUT2D eigenvalue weighted by molar-refractivity contribution is -0.137. The van der Waals surface area contributed by atoms with Crippen LogP contribution >= 0.6 is 12.4 Å². The van der Waals surface area contributed by atoms with Crippen molar-refractivity contribution in [3.8, 4) is 0 Å². The standard InChI is InChI=1S/C19H25F3N2O.ClH/c20-19(21,22)16-8-6-15(7-9-16)13-18(25)24-12-2-1-5-17(24)14-23-10-3-4-11-23;/h6-9,17H,1-5,10-14H2;1H/t17-;/m0./s1. The molecule has 2 aliphatic rings. The van der Waals surface area contributed by atoms with Crippen molar-refractivity contribution in [3.05, 3.63) is 35.4 Å². The van der Waals surface area contributed by atoms with E-state index in [1.807, 2.05) is 4.90 Å². The molecule has 0 spiro atoms. The van der Waals surface area contributed by atoms with Gasteiger partial charge in [-0.2, -0.15) is 13.2 Å². The fourth-order valence-corrected chi connectivity index (χ4v) is 3.87. The van der Waals surface area contributed by atoms with E-state index in [0.29, 0.717) is 5.56 Å². The third-order valence-electron chi connectivity index (χ3n) is 5.25. The minimum Gasteiger partial charge on any atom is -0.338 e. The van der Waals surface area contributed by atoms with Crippen LogP contribution in [0, 0.1) is 0 Å². The summed E-state index contributed by atoms with van der Waals surface area (Å²) in [6, 6.07) is 5.19. The van der Waals surface area contributed by atoms with Gasteiger partial charge in [0.25, 0.3) is 0 Å². The number of carbonyl (C=O) groups excluding carboxylic acids is 1. The first kappa shape index (κ1) is 21.0. The van der Waals surface area contributed by atoms with Crippen LogP contribution in [0.2, 0.25) is 0 Å². The predicted octanol–water partition coefficient (Wildman–Crippen LogP) is 4.15. The van der Waals surface area contributed by atoms with Crippen molar-refractivity contribution in [2.45, 2.75) is 50.7 Å². The number of benzene rings is 1. The molecule has 2 aliphatic heterocycles. The van der Waals surface area contributed by atoms with Gasteiger partial charge in [-0.3, -0.25) is 4.79 Å². The van der Waals surface area contributed by atoms with Crippen molar-refractivity contribution in [2.24, 2.45) is 0 Å². The summed E-state index contributed by atoms with van der Waals surface area (Å²) in [5.74, 6) is 0.0312. The van der Waals surface area contributed by atoms with E-state index in [2.05, 4.69) is 4.90 Å². The molecule has 1 amide bonds. The zero-order valence-corrected chi connectivity index (χ0v) is 15.6. The summed E-state index contributed by atoms with van der Waals surface area (Å²) in [7, 11) is 0. The third-order valence-corrected chi connectivity index (χ3v) is 5.25. The third kappa shape index (κ3) is 5.36. The lowest BCUT2D eigenvalue weighted by atomic mass is 10.00. The summed E-state index contributed by atoms with van der Waals surface area (Å²) in [5.41, 5.74) is -0.0305. The molecule has 146 valence electrons. The molecule has 0 aliphatic carbocycles. The molecule has 1 aromatic rings. The molecule has 2 heterocycles. The highest BCUT2D eigenvalue weighted by Gasteiger charge is 2.31. The summed E-state index contributed by atoms with van der Waals surface area (Å²) < 4.78 is 37.9. The van der Waals surface area contributed by atoms with Gasteiger partial charge < -0.3 is 9.80 Å². The Hall–Kier alpha value is -1.27. The molecule has 2 saturated heterocycles. The second-order valence-corrected chi connectivity index (χ2v) is 7.12.